The fourth-order valence-electron chi connectivity index (χ4n) is 3.88. The minimum atomic E-state index is -0.874. The summed E-state index contributed by atoms with van der Waals surface area (Å²) in [7, 11) is 0. The number of carboxylic acids is 1. The first-order chi connectivity index (χ1) is 9.61. The molecule has 2 saturated heterocycles. The Hall–Kier alpha value is -0.910. The van der Waals surface area contributed by atoms with Crippen LogP contribution in [0.5, 0.6) is 0 Å². The number of thioether (sulfide) groups is 1. The number of fused-ring (bicyclic) bond motifs is 1. The molecule has 3 aliphatic rings. The number of carbonyl (C=O) groups excluding carboxylic acids is 1. The second-order valence-corrected chi connectivity index (χ2v) is 7.31. The molecule has 0 spiro atoms. The third kappa shape index (κ3) is 2.28. The second kappa shape index (κ2) is 5.47. The van der Waals surface area contributed by atoms with Crippen molar-refractivity contribution < 1.29 is 14.7 Å². The van der Waals surface area contributed by atoms with Crippen molar-refractivity contribution in [3.05, 3.63) is 0 Å². The van der Waals surface area contributed by atoms with E-state index in [9.17, 15) is 14.7 Å². The van der Waals surface area contributed by atoms with Crippen molar-refractivity contribution in [2.24, 2.45) is 11.8 Å². The number of hydrogen-bond acceptors (Lipinski definition) is 3. The van der Waals surface area contributed by atoms with E-state index in [2.05, 4.69) is 0 Å². The van der Waals surface area contributed by atoms with Gasteiger partial charge in [-0.3, -0.25) is 4.90 Å². The van der Waals surface area contributed by atoms with E-state index in [4.69, 9.17) is 0 Å². The van der Waals surface area contributed by atoms with Crippen LogP contribution >= 0.6 is 11.8 Å². The lowest BCUT2D eigenvalue weighted by atomic mass is 10.0. The molecule has 3 rings (SSSR count). The summed E-state index contributed by atoms with van der Waals surface area (Å²) in [6.45, 7) is 3.67. The zero-order valence-corrected chi connectivity index (χ0v) is 12.6. The fourth-order valence-corrected chi connectivity index (χ4v) is 5.22. The number of rotatable bonds is 2. The van der Waals surface area contributed by atoms with Crippen LogP contribution in [-0.4, -0.2) is 57.2 Å². The van der Waals surface area contributed by atoms with E-state index in [0.717, 1.165) is 19.5 Å². The van der Waals surface area contributed by atoms with E-state index in [1.807, 2.05) is 11.8 Å². The van der Waals surface area contributed by atoms with Gasteiger partial charge >= 0.3 is 12.0 Å². The minimum absolute atomic E-state index is 0.0176. The standard InChI is InChI=1S/C14H22N2O3S/c1-2-12-16(11(8-20-12)13(17)18)14(19)15-6-9-4-3-5-10(9)7-15/h9-12H,2-8H2,1H3,(H,17,18). The van der Waals surface area contributed by atoms with Crippen LogP contribution in [0.3, 0.4) is 0 Å². The Bertz CT molecular complexity index is 405. The molecule has 20 heavy (non-hydrogen) atoms. The summed E-state index contributed by atoms with van der Waals surface area (Å²) < 4.78 is 0. The smallest absolute Gasteiger partial charge is 0.327 e. The van der Waals surface area contributed by atoms with E-state index >= 15 is 0 Å². The molecule has 0 aromatic rings. The van der Waals surface area contributed by atoms with Gasteiger partial charge in [0.05, 0.1) is 5.37 Å². The maximum absolute atomic E-state index is 12.7. The number of carboxylic acid groups (broad SMARTS) is 1. The summed E-state index contributed by atoms with van der Waals surface area (Å²) in [5, 5.41) is 9.34. The number of hydrogen-bond donors (Lipinski definition) is 1. The van der Waals surface area contributed by atoms with Crippen molar-refractivity contribution in [3.63, 3.8) is 0 Å². The predicted octanol–water partition coefficient (Wildman–Crippen LogP) is 2.08. The normalized spacial score (nSPS) is 36.5. The summed E-state index contributed by atoms with van der Waals surface area (Å²) >= 11 is 1.59. The Morgan fingerprint density at radius 3 is 2.45 bits per heavy atom. The highest BCUT2D eigenvalue weighted by Crippen LogP contribution is 2.39. The molecule has 1 N–H and O–H groups in total. The van der Waals surface area contributed by atoms with Crippen LogP contribution in [0.15, 0.2) is 0 Å². The van der Waals surface area contributed by atoms with Crippen LogP contribution < -0.4 is 0 Å². The van der Waals surface area contributed by atoms with Crippen molar-refractivity contribution in [1.82, 2.24) is 9.80 Å². The number of carbonyl (C=O) groups is 2. The molecule has 112 valence electrons. The molecule has 2 heterocycles. The summed E-state index contributed by atoms with van der Waals surface area (Å²) in [6.07, 6.45) is 4.54. The molecule has 0 aromatic heterocycles. The van der Waals surface area contributed by atoms with Gasteiger partial charge in [-0.25, -0.2) is 9.59 Å². The molecule has 6 heteroatoms. The third-order valence-electron chi connectivity index (χ3n) is 4.94. The molecule has 1 saturated carbocycles. The van der Waals surface area contributed by atoms with E-state index < -0.39 is 12.0 Å². The van der Waals surface area contributed by atoms with Crippen molar-refractivity contribution in [1.29, 1.82) is 0 Å². The molecular weight excluding hydrogens is 276 g/mol. The number of urea groups is 1. The van der Waals surface area contributed by atoms with Gasteiger partial charge in [-0.2, -0.15) is 0 Å². The van der Waals surface area contributed by atoms with Gasteiger partial charge in [0.2, 0.25) is 0 Å². The molecular formula is C14H22N2O3S. The number of amides is 2. The van der Waals surface area contributed by atoms with Gasteiger partial charge in [-0.05, 0) is 31.1 Å². The Balaban J connectivity index is 1.72. The summed E-state index contributed by atoms with van der Waals surface area (Å²) in [4.78, 5) is 27.6. The van der Waals surface area contributed by atoms with Gasteiger partial charge in [-0.1, -0.05) is 13.3 Å². The van der Waals surface area contributed by atoms with Crippen LogP contribution in [0.1, 0.15) is 32.6 Å². The SMILES string of the molecule is CCC1SCC(C(=O)O)N1C(=O)N1CC2CCCC2C1. The quantitative estimate of drug-likeness (QED) is 0.848. The predicted molar refractivity (Wildman–Crippen MR) is 77.6 cm³/mol. The lowest BCUT2D eigenvalue weighted by Gasteiger charge is -2.31. The van der Waals surface area contributed by atoms with Crippen LogP contribution in [0.25, 0.3) is 0 Å². The topological polar surface area (TPSA) is 60.9 Å². The maximum atomic E-state index is 12.7. The monoisotopic (exact) mass is 298 g/mol. The Labute approximate surface area is 123 Å². The first-order valence-electron chi connectivity index (χ1n) is 7.53. The molecule has 4 unspecified atom stereocenters. The molecule has 5 nitrogen and oxygen atoms in total. The Kier molecular flexibility index (Phi) is 3.84. The molecule has 0 bridgehead atoms. The van der Waals surface area contributed by atoms with Gasteiger partial charge < -0.3 is 10.0 Å². The van der Waals surface area contributed by atoms with Crippen LogP contribution in [0.4, 0.5) is 4.79 Å². The lowest BCUT2D eigenvalue weighted by Crippen LogP contribution is -2.51. The van der Waals surface area contributed by atoms with Gasteiger partial charge in [0.15, 0.2) is 0 Å². The second-order valence-electron chi connectivity index (χ2n) is 6.10. The Morgan fingerprint density at radius 2 is 1.90 bits per heavy atom. The highest BCUT2D eigenvalue weighted by atomic mass is 32.2. The Morgan fingerprint density at radius 1 is 1.25 bits per heavy atom. The number of aliphatic carboxylic acids is 1. The highest BCUT2D eigenvalue weighted by Gasteiger charge is 2.46. The molecule has 2 aliphatic heterocycles. The number of likely N-dealkylation sites (tertiary alicyclic amines) is 1. The van der Waals surface area contributed by atoms with Crippen LogP contribution in [-0.2, 0) is 4.79 Å². The molecule has 4 atom stereocenters. The average Bonchev–Trinajstić information content (AvgIpc) is 3.10. The van der Waals surface area contributed by atoms with E-state index in [0.29, 0.717) is 17.6 Å². The zero-order valence-electron chi connectivity index (χ0n) is 11.8. The zero-order chi connectivity index (χ0) is 14.3. The van der Waals surface area contributed by atoms with Crippen molar-refractivity contribution in [3.8, 4) is 0 Å². The number of nitrogens with zero attached hydrogens (tertiary/aromatic N) is 2. The molecule has 0 aromatic carbocycles. The van der Waals surface area contributed by atoms with Crippen molar-refractivity contribution in [2.45, 2.75) is 44.0 Å². The van der Waals surface area contributed by atoms with Crippen molar-refractivity contribution >= 4 is 23.8 Å². The lowest BCUT2D eigenvalue weighted by molar-refractivity contribution is -0.141. The minimum Gasteiger partial charge on any atom is -0.480 e. The maximum Gasteiger partial charge on any atom is 0.327 e. The van der Waals surface area contributed by atoms with Crippen LogP contribution in [0.2, 0.25) is 0 Å². The molecule has 1 aliphatic carbocycles. The first kappa shape index (κ1) is 14.0. The van der Waals surface area contributed by atoms with Gasteiger partial charge in [0, 0.05) is 18.8 Å². The summed E-state index contributed by atoms with van der Waals surface area (Å²) in [6, 6.07) is -0.707. The van der Waals surface area contributed by atoms with E-state index in [1.165, 1.54) is 19.3 Å². The summed E-state index contributed by atoms with van der Waals surface area (Å²) in [5.41, 5.74) is 0. The average molecular weight is 298 g/mol. The van der Waals surface area contributed by atoms with Gasteiger partial charge in [-0.15, -0.1) is 11.8 Å². The van der Waals surface area contributed by atoms with Crippen molar-refractivity contribution in [2.75, 3.05) is 18.8 Å². The fraction of sp³-hybridized carbons (Fsp3) is 0.857. The molecule has 0 radical (unpaired) electrons. The summed E-state index contributed by atoms with van der Waals surface area (Å²) in [5.74, 6) is 0.941. The molecule has 3 fully saturated rings. The largest absolute Gasteiger partial charge is 0.480 e. The molecule has 2 amide bonds. The van der Waals surface area contributed by atoms with E-state index in [-0.39, 0.29) is 11.4 Å². The van der Waals surface area contributed by atoms with Gasteiger partial charge in [0.1, 0.15) is 6.04 Å². The first-order valence-corrected chi connectivity index (χ1v) is 8.58. The third-order valence-corrected chi connectivity index (χ3v) is 6.40. The van der Waals surface area contributed by atoms with E-state index in [1.54, 1.807) is 16.7 Å². The van der Waals surface area contributed by atoms with Gasteiger partial charge in [0.25, 0.3) is 0 Å². The van der Waals surface area contributed by atoms with Crippen LogP contribution in [0, 0.1) is 11.8 Å². The highest BCUT2D eigenvalue weighted by molar-refractivity contribution is 8.00.